The maximum atomic E-state index is 13.0. The molecule has 0 spiro atoms. The molecule has 160 valence electrons. The second kappa shape index (κ2) is 9.20. The van der Waals surface area contributed by atoms with E-state index in [1.807, 2.05) is 0 Å². The third kappa shape index (κ3) is 6.23. The topological polar surface area (TPSA) is 102 Å². The van der Waals surface area contributed by atoms with Gasteiger partial charge in [-0.25, -0.2) is 9.67 Å². The minimum Gasteiger partial charge on any atom is -0.273 e. The number of alkyl halides is 3. The molecule has 3 rings (SSSR count). The molecule has 0 fully saturated rings. The van der Waals surface area contributed by atoms with E-state index in [-0.39, 0.29) is 17.8 Å². The normalized spacial score (nSPS) is 11.5. The standard InChI is InChI=1S/C20H17F3N6O2/c1-13-7-15(10-16(8-13)20(21,22)23)19-25-12-29(28-19)6-4-17(30)26-27-18(31)9-14-3-2-5-24-11-14/h2-8,10-12H,9H2,1H3,(H,26,30)(H,27,31)/b6-4-. The van der Waals surface area contributed by atoms with Gasteiger partial charge in [-0.1, -0.05) is 6.07 Å². The number of benzene rings is 1. The predicted molar refractivity (Wildman–Crippen MR) is 105 cm³/mol. The molecule has 0 saturated heterocycles. The van der Waals surface area contributed by atoms with Crippen LogP contribution in [0.25, 0.3) is 17.6 Å². The number of halogens is 3. The van der Waals surface area contributed by atoms with Gasteiger partial charge in [-0.2, -0.15) is 13.2 Å². The van der Waals surface area contributed by atoms with Crippen LogP contribution in [0.15, 0.2) is 55.1 Å². The summed E-state index contributed by atoms with van der Waals surface area (Å²) < 4.78 is 40.2. The summed E-state index contributed by atoms with van der Waals surface area (Å²) in [5.41, 5.74) is 4.97. The van der Waals surface area contributed by atoms with E-state index in [2.05, 4.69) is 25.9 Å². The first kappa shape index (κ1) is 21.7. The Balaban J connectivity index is 1.59. The molecule has 0 aliphatic heterocycles. The van der Waals surface area contributed by atoms with Crippen LogP contribution >= 0.6 is 0 Å². The summed E-state index contributed by atoms with van der Waals surface area (Å²) >= 11 is 0. The molecule has 2 amide bonds. The molecule has 2 aromatic heterocycles. The molecule has 0 aliphatic rings. The lowest BCUT2D eigenvalue weighted by molar-refractivity contribution is -0.137. The highest BCUT2D eigenvalue weighted by Crippen LogP contribution is 2.32. The minimum atomic E-state index is -4.48. The summed E-state index contributed by atoms with van der Waals surface area (Å²) in [6.45, 7) is 1.54. The van der Waals surface area contributed by atoms with Crippen molar-refractivity contribution < 1.29 is 22.8 Å². The molecule has 2 heterocycles. The monoisotopic (exact) mass is 430 g/mol. The Morgan fingerprint density at radius 3 is 2.71 bits per heavy atom. The molecule has 0 unspecified atom stereocenters. The van der Waals surface area contributed by atoms with Gasteiger partial charge in [0.15, 0.2) is 5.82 Å². The van der Waals surface area contributed by atoms with E-state index in [0.717, 1.165) is 18.2 Å². The van der Waals surface area contributed by atoms with Gasteiger partial charge in [0.25, 0.3) is 5.91 Å². The first-order chi connectivity index (χ1) is 14.7. The summed E-state index contributed by atoms with van der Waals surface area (Å²) in [5, 5.41) is 4.04. The number of aryl methyl sites for hydroxylation is 1. The summed E-state index contributed by atoms with van der Waals surface area (Å²) in [6, 6.07) is 6.94. The van der Waals surface area contributed by atoms with E-state index in [4.69, 9.17) is 0 Å². The summed E-state index contributed by atoms with van der Waals surface area (Å²) in [4.78, 5) is 31.5. The molecule has 2 N–H and O–H groups in total. The second-order valence-corrected chi connectivity index (χ2v) is 6.52. The van der Waals surface area contributed by atoms with Crippen LogP contribution < -0.4 is 10.9 Å². The number of rotatable bonds is 5. The third-order valence-electron chi connectivity index (χ3n) is 3.96. The SMILES string of the molecule is Cc1cc(-c2ncn(/C=C\C(=O)NNC(=O)Cc3cccnc3)n2)cc(C(F)(F)F)c1. The van der Waals surface area contributed by atoms with Crippen LogP contribution in [0.3, 0.4) is 0 Å². The summed E-state index contributed by atoms with van der Waals surface area (Å²) in [5.74, 6) is -0.992. The van der Waals surface area contributed by atoms with Gasteiger partial charge in [-0.15, -0.1) is 5.10 Å². The Kier molecular flexibility index (Phi) is 6.43. The average Bonchev–Trinajstić information content (AvgIpc) is 3.19. The van der Waals surface area contributed by atoms with Crippen LogP contribution in [-0.4, -0.2) is 31.6 Å². The lowest BCUT2D eigenvalue weighted by atomic mass is 10.1. The molecule has 0 atom stereocenters. The van der Waals surface area contributed by atoms with Gasteiger partial charge in [-0.3, -0.25) is 25.4 Å². The zero-order valence-corrected chi connectivity index (χ0v) is 16.2. The van der Waals surface area contributed by atoms with Crippen molar-refractivity contribution in [3.05, 3.63) is 71.8 Å². The first-order valence-electron chi connectivity index (χ1n) is 8.97. The number of pyridine rings is 1. The zero-order valence-electron chi connectivity index (χ0n) is 16.2. The molecule has 11 heteroatoms. The summed E-state index contributed by atoms with van der Waals surface area (Å²) in [6.07, 6.45) is 2.26. The fourth-order valence-corrected chi connectivity index (χ4v) is 2.60. The van der Waals surface area contributed by atoms with Crippen LogP contribution in [0.4, 0.5) is 13.2 Å². The number of carbonyl (C=O) groups excluding carboxylic acids is 2. The van der Waals surface area contributed by atoms with Gasteiger partial charge in [0.05, 0.1) is 12.0 Å². The zero-order chi connectivity index (χ0) is 22.4. The summed E-state index contributed by atoms with van der Waals surface area (Å²) in [7, 11) is 0. The number of aromatic nitrogens is 4. The van der Waals surface area contributed by atoms with E-state index < -0.39 is 23.6 Å². The molecule has 31 heavy (non-hydrogen) atoms. The smallest absolute Gasteiger partial charge is 0.273 e. The average molecular weight is 430 g/mol. The Bertz CT molecular complexity index is 1110. The molecule has 0 bridgehead atoms. The minimum absolute atomic E-state index is 0.0423. The molecule has 1 aromatic carbocycles. The van der Waals surface area contributed by atoms with Gasteiger partial charge >= 0.3 is 6.18 Å². The maximum absolute atomic E-state index is 13.0. The predicted octanol–water partition coefficient (Wildman–Crippen LogP) is 2.53. The van der Waals surface area contributed by atoms with Gasteiger partial charge in [-0.05, 0) is 42.3 Å². The molecule has 8 nitrogen and oxygen atoms in total. The van der Waals surface area contributed by atoms with E-state index in [1.165, 1.54) is 29.5 Å². The molecular weight excluding hydrogens is 413 g/mol. The van der Waals surface area contributed by atoms with Crippen molar-refractivity contribution in [2.75, 3.05) is 0 Å². The quantitative estimate of drug-likeness (QED) is 0.479. The highest BCUT2D eigenvalue weighted by molar-refractivity contribution is 5.91. The Labute approximate surface area is 174 Å². The van der Waals surface area contributed by atoms with E-state index in [9.17, 15) is 22.8 Å². The molecule has 3 aromatic rings. The van der Waals surface area contributed by atoms with Gasteiger partial charge < -0.3 is 0 Å². The fourth-order valence-electron chi connectivity index (χ4n) is 2.60. The van der Waals surface area contributed by atoms with Crippen LogP contribution in [0.5, 0.6) is 0 Å². The van der Waals surface area contributed by atoms with Crippen molar-refractivity contribution in [1.29, 1.82) is 0 Å². The van der Waals surface area contributed by atoms with Gasteiger partial charge in [0.2, 0.25) is 5.91 Å². The van der Waals surface area contributed by atoms with E-state index in [0.29, 0.717) is 11.1 Å². The maximum Gasteiger partial charge on any atom is 0.416 e. The van der Waals surface area contributed by atoms with Crippen molar-refractivity contribution in [3.63, 3.8) is 0 Å². The largest absolute Gasteiger partial charge is 0.416 e. The highest BCUT2D eigenvalue weighted by Gasteiger charge is 2.31. The lowest BCUT2D eigenvalue weighted by Crippen LogP contribution is -2.41. The molecule has 0 saturated carbocycles. The van der Waals surface area contributed by atoms with Crippen LogP contribution in [-0.2, 0) is 22.2 Å². The number of amides is 2. The fraction of sp³-hybridized carbons (Fsp3) is 0.150. The number of carbonyl (C=O) groups is 2. The van der Waals surface area contributed by atoms with Crippen molar-refractivity contribution >= 4 is 18.0 Å². The van der Waals surface area contributed by atoms with Crippen LogP contribution in [0.2, 0.25) is 0 Å². The van der Waals surface area contributed by atoms with Gasteiger partial charge in [0.1, 0.15) is 6.33 Å². The van der Waals surface area contributed by atoms with Crippen molar-refractivity contribution in [1.82, 2.24) is 30.6 Å². The first-order valence-corrected chi connectivity index (χ1v) is 8.97. The molecule has 0 aliphatic carbocycles. The Morgan fingerprint density at radius 2 is 2.00 bits per heavy atom. The van der Waals surface area contributed by atoms with Crippen molar-refractivity contribution in [2.45, 2.75) is 19.5 Å². The Morgan fingerprint density at radius 1 is 1.19 bits per heavy atom. The number of nitrogens with one attached hydrogen (secondary N) is 2. The van der Waals surface area contributed by atoms with Crippen LogP contribution in [0, 0.1) is 6.92 Å². The third-order valence-corrected chi connectivity index (χ3v) is 3.96. The number of hydrogen-bond donors (Lipinski definition) is 2. The van der Waals surface area contributed by atoms with Crippen LogP contribution in [0.1, 0.15) is 16.7 Å². The highest BCUT2D eigenvalue weighted by atomic mass is 19.4. The Hall–Kier alpha value is -4.02. The van der Waals surface area contributed by atoms with E-state index in [1.54, 1.807) is 25.3 Å². The van der Waals surface area contributed by atoms with E-state index >= 15 is 0 Å². The number of hydrazine groups is 1. The number of hydrogen-bond acceptors (Lipinski definition) is 5. The molecular formula is C20H17F3N6O2. The van der Waals surface area contributed by atoms with Gasteiger partial charge in [0, 0.05) is 30.2 Å². The van der Waals surface area contributed by atoms with Crippen molar-refractivity contribution in [2.24, 2.45) is 0 Å². The molecule has 0 radical (unpaired) electrons. The van der Waals surface area contributed by atoms with Crippen molar-refractivity contribution in [3.8, 4) is 11.4 Å². The second-order valence-electron chi connectivity index (χ2n) is 6.52. The number of nitrogens with zero attached hydrogens (tertiary/aromatic N) is 4. The lowest BCUT2D eigenvalue weighted by Gasteiger charge is -2.09.